The summed E-state index contributed by atoms with van der Waals surface area (Å²) in [5.41, 5.74) is 0.814. The number of benzene rings is 2. The number of hydrogen-bond donors (Lipinski definition) is 0. The number of methoxy groups -OCH3 is 1. The Hall–Kier alpha value is -2.34. The van der Waals surface area contributed by atoms with E-state index in [4.69, 9.17) is 4.74 Å². The van der Waals surface area contributed by atoms with Crippen molar-refractivity contribution < 1.29 is 17.9 Å². The van der Waals surface area contributed by atoms with Crippen LogP contribution in [-0.4, -0.2) is 38.1 Å². The Balaban J connectivity index is 2.06. The van der Waals surface area contributed by atoms with E-state index in [1.165, 1.54) is 0 Å². The maximum Gasteiger partial charge on any atom is 0.224 e. The third-order valence-corrected chi connectivity index (χ3v) is 6.93. The molecule has 26 heavy (non-hydrogen) atoms. The molecular formula is C20H23NO4S. The van der Waals surface area contributed by atoms with Gasteiger partial charge < -0.3 is 9.64 Å². The molecule has 138 valence electrons. The fourth-order valence-electron chi connectivity index (χ4n) is 3.52. The van der Waals surface area contributed by atoms with Crippen molar-refractivity contribution in [2.75, 3.05) is 13.7 Å². The van der Waals surface area contributed by atoms with Gasteiger partial charge in [0.05, 0.1) is 23.3 Å². The molecule has 0 saturated carbocycles. The molecule has 0 aromatic heterocycles. The van der Waals surface area contributed by atoms with E-state index in [1.54, 1.807) is 54.5 Å². The molecule has 0 radical (unpaired) electrons. The third kappa shape index (κ3) is 3.33. The summed E-state index contributed by atoms with van der Waals surface area (Å²) in [6.07, 6.45) is 0.782. The van der Waals surface area contributed by atoms with Gasteiger partial charge in [-0.3, -0.25) is 4.79 Å². The molecule has 0 unspecified atom stereocenters. The van der Waals surface area contributed by atoms with Gasteiger partial charge in [0.2, 0.25) is 5.91 Å². The molecule has 1 aliphatic rings. The molecule has 0 spiro atoms. The van der Waals surface area contributed by atoms with Crippen molar-refractivity contribution in [3.63, 3.8) is 0 Å². The summed E-state index contributed by atoms with van der Waals surface area (Å²) in [5, 5.41) is -0.794. The zero-order chi connectivity index (χ0) is 18.7. The minimum Gasteiger partial charge on any atom is -0.497 e. The lowest BCUT2D eigenvalue weighted by molar-refractivity contribution is -0.129. The molecular weight excluding hydrogens is 350 g/mol. The van der Waals surface area contributed by atoms with Gasteiger partial charge in [0.1, 0.15) is 5.75 Å². The van der Waals surface area contributed by atoms with Gasteiger partial charge >= 0.3 is 0 Å². The fourth-order valence-corrected chi connectivity index (χ4v) is 5.41. The molecule has 0 N–H and O–H groups in total. The Morgan fingerprint density at radius 2 is 1.73 bits per heavy atom. The molecule has 1 saturated heterocycles. The second kappa shape index (κ2) is 7.50. The zero-order valence-electron chi connectivity index (χ0n) is 15.0. The predicted molar refractivity (Wildman–Crippen MR) is 99.8 cm³/mol. The van der Waals surface area contributed by atoms with Crippen molar-refractivity contribution in [3.05, 3.63) is 60.2 Å². The van der Waals surface area contributed by atoms with E-state index >= 15 is 0 Å². The Morgan fingerprint density at radius 1 is 1.08 bits per heavy atom. The zero-order valence-corrected chi connectivity index (χ0v) is 15.8. The lowest BCUT2D eigenvalue weighted by atomic mass is 10.0. The molecule has 2 atom stereocenters. The van der Waals surface area contributed by atoms with Crippen molar-refractivity contribution in [3.8, 4) is 5.75 Å². The first kappa shape index (κ1) is 18.5. The van der Waals surface area contributed by atoms with Crippen LogP contribution < -0.4 is 4.74 Å². The van der Waals surface area contributed by atoms with Gasteiger partial charge in [0.25, 0.3) is 0 Å². The number of amides is 1. The normalized spacial score (nSPS) is 20.4. The van der Waals surface area contributed by atoms with Crippen LogP contribution in [0.2, 0.25) is 0 Å². The quantitative estimate of drug-likeness (QED) is 0.780. The summed E-state index contributed by atoms with van der Waals surface area (Å²) in [4.78, 5) is 14.6. The van der Waals surface area contributed by atoms with E-state index < -0.39 is 21.1 Å². The first-order chi connectivity index (χ1) is 12.5. The number of hydrogen-bond acceptors (Lipinski definition) is 4. The van der Waals surface area contributed by atoms with Gasteiger partial charge in [-0.25, -0.2) is 8.42 Å². The standard InChI is InChI=1S/C20H23NO4S/c1-3-13-21-19(22)14-18(26(23,24)17-7-5-4-6-8-17)20(21)15-9-11-16(25-2)12-10-15/h4-12,18,20H,3,13-14H2,1-2H3/t18-,20+/m1/s1. The summed E-state index contributed by atoms with van der Waals surface area (Å²) in [6, 6.07) is 15.2. The average molecular weight is 373 g/mol. The molecule has 1 fully saturated rings. The number of ether oxygens (including phenoxy) is 1. The van der Waals surface area contributed by atoms with E-state index in [0.29, 0.717) is 12.3 Å². The van der Waals surface area contributed by atoms with Crippen LogP contribution in [0.5, 0.6) is 5.75 Å². The van der Waals surface area contributed by atoms with Crippen LogP contribution in [-0.2, 0) is 14.6 Å². The van der Waals surface area contributed by atoms with Crippen LogP contribution in [0.3, 0.4) is 0 Å². The minimum absolute atomic E-state index is 0.00786. The van der Waals surface area contributed by atoms with Gasteiger partial charge in [-0.2, -0.15) is 0 Å². The van der Waals surface area contributed by atoms with Crippen LogP contribution in [0, 0.1) is 0 Å². The summed E-state index contributed by atoms with van der Waals surface area (Å²) < 4.78 is 31.7. The van der Waals surface area contributed by atoms with E-state index in [-0.39, 0.29) is 17.2 Å². The minimum atomic E-state index is -3.63. The van der Waals surface area contributed by atoms with E-state index in [0.717, 1.165) is 12.0 Å². The molecule has 1 aliphatic heterocycles. The lowest BCUT2D eigenvalue weighted by Crippen LogP contribution is -2.33. The Bertz CT molecular complexity index is 862. The van der Waals surface area contributed by atoms with Crippen LogP contribution in [0.15, 0.2) is 59.5 Å². The molecule has 5 nitrogen and oxygen atoms in total. The van der Waals surface area contributed by atoms with Crippen LogP contribution in [0.1, 0.15) is 31.4 Å². The molecule has 2 aromatic carbocycles. The van der Waals surface area contributed by atoms with Gasteiger partial charge in [-0.15, -0.1) is 0 Å². The molecule has 0 bridgehead atoms. The number of likely N-dealkylation sites (tertiary alicyclic amines) is 1. The maximum absolute atomic E-state index is 13.2. The molecule has 6 heteroatoms. The molecule has 2 aromatic rings. The van der Waals surface area contributed by atoms with E-state index in [2.05, 4.69) is 0 Å². The number of rotatable bonds is 6. The van der Waals surface area contributed by atoms with Crippen LogP contribution in [0.4, 0.5) is 0 Å². The monoisotopic (exact) mass is 373 g/mol. The summed E-state index contributed by atoms with van der Waals surface area (Å²) in [5.74, 6) is 0.583. The highest BCUT2D eigenvalue weighted by Crippen LogP contribution is 2.40. The first-order valence-corrected chi connectivity index (χ1v) is 10.3. The SMILES string of the molecule is CCCN1C(=O)C[C@@H](S(=O)(=O)c2ccccc2)[C@@H]1c1ccc(OC)cc1. The molecule has 0 aliphatic carbocycles. The Morgan fingerprint density at radius 3 is 2.31 bits per heavy atom. The number of carbonyl (C=O) groups is 1. The third-order valence-electron chi connectivity index (χ3n) is 4.78. The van der Waals surface area contributed by atoms with Crippen molar-refractivity contribution in [1.82, 2.24) is 4.90 Å². The van der Waals surface area contributed by atoms with E-state index in [9.17, 15) is 13.2 Å². The number of carbonyl (C=O) groups excluding carboxylic acids is 1. The van der Waals surface area contributed by atoms with Crippen molar-refractivity contribution in [2.24, 2.45) is 0 Å². The second-order valence-electron chi connectivity index (χ2n) is 6.41. The van der Waals surface area contributed by atoms with Crippen molar-refractivity contribution >= 4 is 15.7 Å². The first-order valence-electron chi connectivity index (χ1n) is 8.71. The maximum atomic E-state index is 13.2. The summed E-state index contributed by atoms with van der Waals surface area (Å²) in [6.45, 7) is 2.52. The smallest absolute Gasteiger partial charge is 0.224 e. The largest absolute Gasteiger partial charge is 0.497 e. The van der Waals surface area contributed by atoms with Gasteiger partial charge in [-0.1, -0.05) is 37.3 Å². The number of nitrogens with zero attached hydrogens (tertiary/aromatic N) is 1. The highest BCUT2D eigenvalue weighted by Gasteiger charge is 2.47. The van der Waals surface area contributed by atoms with Crippen LogP contribution >= 0.6 is 0 Å². The Labute approximate surface area is 154 Å². The van der Waals surface area contributed by atoms with E-state index in [1.807, 2.05) is 19.1 Å². The Kier molecular flexibility index (Phi) is 5.32. The van der Waals surface area contributed by atoms with Gasteiger partial charge in [-0.05, 0) is 36.2 Å². The van der Waals surface area contributed by atoms with Gasteiger partial charge in [0, 0.05) is 13.0 Å². The topological polar surface area (TPSA) is 63.7 Å². The lowest BCUT2D eigenvalue weighted by Gasteiger charge is -2.28. The molecule has 1 amide bonds. The molecule has 1 heterocycles. The number of sulfone groups is 1. The average Bonchev–Trinajstić information content (AvgIpc) is 3.00. The second-order valence-corrected chi connectivity index (χ2v) is 8.57. The molecule has 3 rings (SSSR count). The fraction of sp³-hybridized carbons (Fsp3) is 0.350. The summed E-state index contributed by atoms with van der Waals surface area (Å²) >= 11 is 0. The highest BCUT2D eigenvalue weighted by atomic mass is 32.2. The predicted octanol–water partition coefficient (Wildman–Crippen LogP) is 3.22. The van der Waals surface area contributed by atoms with Gasteiger partial charge in [0.15, 0.2) is 9.84 Å². The van der Waals surface area contributed by atoms with Crippen molar-refractivity contribution in [1.29, 1.82) is 0 Å². The van der Waals surface area contributed by atoms with Crippen molar-refractivity contribution in [2.45, 2.75) is 36.0 Å². The van der Waals surface area contributed by atoms with Crippen LogP contribution in [0.25, 0.3) is 0 Å². The summed E-state index contributed by atoms with van der Waals surface area (Å²) in [7, 11) is -2.05. The highest BCUT2D eigenvalue weighted by molar-refractivity contribution is 7.92.